The molecule has 2 heterocycles. The van der Waals surface area contributed by atoms with Gasteiger partial charge in [-0.25, -0.2) is 0 Å². The number of aromatic nitrogens is 1. The molecule has 1 N–H and O–H groups in total. The Balaban J connectivity index is 1.37. The zero-order valence-electron chi connectivity index (χ0n) is 20.5. The van der Waals surface area contributed by atoms with E-state index in [1.54, 1.807) is 0 Å². The normalized spacial score (nSPS) is 14.9. The van der Waals surface area contributed by atoms with E-state index in [9.17, 15) is 4.79 Å². The molecule has 0 radical (unpaired) electrons. The number of benzene rings is 3. The van der Waals surface area contributed by atoms with E-state index in [4.69, 9.17) is 9.26 Å². The highest BCUT2D eigenvalue weighted by molar-refractivity contribution is 6.28. The van der Waals surface area contributed by atoms with Gasteiger partial charge in [0.25, 0.3) is 0 Å². The van der Waals surface area contributed by atoms with Gasteiger partial charge in [-0.1, -0.05) is 47.6 Å². The lowest BCUT2D eigenvalue weighted by atomic mass is 9.86. The van der Waals surface area contributed by atoms with Crippen molar-refractivity contribution in [2.45, 2.75) is 13.3 Å². The van der Waals surface area contributed by atoms with E-state index >= 15 is 0 Å². The van der Waals surface area contributed by atoms with Crippen molar-refractivity contribution < 1.29 is 14.1 Å². The van der Waals surface area contributed by atoms with Crippen molar-refractivity contribution in [1.29, 1.82) is 0 Å². The quantitative estimate of drug-likeness (QED) is 0.305. The number of hydrogen-bond acceptors (Lipinski definition) is 7. The Bertz CT molecular complexity index is 1390. The second-order valence-electron chi connectivity index (χ2n) is 9.22. The Hall–Kier alpha value is -3.84. The van der Waals surface area contributed by atoms with Crippen molar-refractivity contribution in [1.82, 2.24) is 5.16 Å². The molecule has 7 heteroatoms. The van der Waals surface area contributed by atoms with Crippen molar-refractivity contribution in [3.63, 3.8) is 0 Å². The lowest BCUT2D eigenvalue weighted by Crippen LogP contribution is -2.46. The number of ketones is 1. The van der Waals surface area contributed by atoms with Crippen molar-refractivity contribution in [2.75, 3.05) is 61.1 Å². The Morgan fingerprint density at radius 1 is 0.972 bits per heavy atom. The zero-order valence-corrected chi connectivity index (χ0v) is 20.5. The lowest BCUT2D eigenvalue weighted by molar-refractivity contribution is 0.104. The number of nitrogens with zero attached hydrogens (tertiary/aromatic N) is 3. The fraction of sp³-hybridized carbons (Fsp3) is 0.310. The van der Waals surface area contributed by atoms with Crippen molar-refractivity contribution in [3.8, 4) is 11.3 Å². The summed E-state index contributed by atoms with van der Waals surface area (Å²) >= 11 is 0. The topological polar surface area (TPSA) is 70.8 Å². The second-order valence-corrected chi connectivity index (χ2v) is 9.22. The number of hydrogen-bond donors (Lipinski definition) is 1. The van der Waals surface area contributed by atoms with Crippen LogP contribution in [0.4, 0.5) is 17.1 Å². The molecule has 0 spiro atoms. The molecule has 36 heavy (non-hydrogen) atoms. The molecule has 0 bridgehead atoms. The van der Waals surface area contributed by atoms with Crippen LogP contribution in [0.2, 0.25) is 0 Å². The molecule has 0 atom stereocenters. The third kappa shape index (κ3) is 3.89. The third-order valence-corrected chi connectivity index (χ3v) is 7.11. The minimum atomic E-state index is 0.0130. The van der Waals surface area contributed by atoms with E-state index in [0.717, 1.165) is 67.0 Å². The second kappa shape index (κ2) is 9.66. The van der Waals surface area contributed by atoms with Gasteiger partial charge in [0, 0.05) is 68.4 Å². The highest BCUT2D eigenvalue weighted by Crippen LogP contribution is 2.45. The van der Waals surface area contributed by atoms with Crippen LogP contribution in [0.1, 0.15) is 29.3 Å². The minimum absolute atomic E-state index is 0.0130. The SMILES string of the molecule is CCOCCCNc1cc(N2CCN(c3ccccc3)CC2)c2noc3c2c1C(=O)c1ccccc1-3. The first-order valence-corrected chi connectivity index (χ1v) is 12.7. The summed E-state index contributed by atoms with van der Waals surface area (Å²) in [5.41, 5.74) is 5.98. The van der Waals surface area contributed by atoms with Crippen LogP contribution < -0.4 is 15.1 Å². The first-order valence-electron chi connectivity index (χ1n) is 12.7. The predicted molar refractivity (Wildman–Crippen MR) is 143 cm³/mol. The molecule has 1 aromatic heterocycles. The standard InChI is InChI=1S/C29H30N4O3/c1-2-35-18-8-13-30-23-19-24(33-16-14-32(15-17-33)20-9-4-3-5-10-20)27-26-25(23)28(34)21-11-6-7-12-22(21)29(26)36-31-27/h3-7,9-12,19,30H,2,8,13-18H2,1H3. The predicted octanol–water partition coefficient (Wildman–Crippen LogP) is 5.20. The van der Waals surface area contributed by atoms with E-state index in [2.05, 4.69) is 50.6 Å². The maximum Gasteiger partial charge on any atom is 0.196 e. The molecule has 4 aromatic rings. The fourth-order valence-corrected chi connectivity index (χ4v) is 5.31. The molecule has 0 amide bonds. The van der Waals surface area contributed by atoms with Crippen LogP contribution >= 0.6 is 0 Å². The van der Waals surface area contributed by atoms with Crippen molar-refractivity contribution in [2.24, 2.45) is 0 Å². The van der Waals surface area contributed by atoms with Crippen LogP contribution in [0.3, 0.4) is 0 Å². The smallest absolute Gasteiger partial charge is 0.196 e. The summed E-state index contributed by atoms with van der Waals surface area (Å²) in [5.74, 6) is 0.691. The van der Waals surface area contributed by atoms with Crippen LogP contribution in [0.5, 0.6) is 0 Å². The summed E-state index contributed by atoms with van der Waals surface area (Å²) in [4.78, 5) is 18.5. The van der Waals surface area contributed by atoms with E-state index in [1.165, 1.54) is 5.69 Å². The van der Waals surface area contributed by atoms with E-state index in [-0.39, 0.29) is 5.78 Å². The van der Waals surface area contributed by atoms with Gasteiger partial charge in [-0.05, 0) is 31.5 Å². The van der Waals surface area contributed by atoms with Crippen molar-refractivity contribution >= 4 is 33.7 Å². The van der Waals surface area contributed by atoms with Gasteiger partial charge in [0.05, 0.1) is 16.6 Å². The minimum Gasteiger partial charge on any atom is -0.384 e. The molecule has 0 unspecified atom stereocenters. The molecular weight excluding hydrogens is 452 g/mol. The number of carbonyl (C=O) groups excluding carboxylic acids is 1. The summed E-state index contributed by atoms with van der Waals surface area (Å²) in [7, 11) is 0. The molecule has 3 aromatic carbocycles. The maximum absolute atomic E-state index is 13.7. The Morgan fingerprint density at radius 3 is 2.47 bits per heavy atom. The number of fused-ring (bicyclic) bond motifs is 2. The molecule has 1 saturated heterocycles. The van der Waals surface area contributed by atoms with Gasteiger partial charge in [0.1, 0.15) is 5.52 Å². The molecule has 6 rings (SSSR count). The number of ether oxygens (including phenoxy) is 1. The Labute approximate surface area is 210 Å². The third-order valence-electron chi connectivity index (χ3n) is 7.11. The summed E-state index contributed by atoms with van der Waals surface area (Å²) in [6, 6.07) is 20.3. The monoisotopic (exact) mass is 482 g/mol. The molecule has 1 fully saturated rings. The molecule has 184 valence electrons. The van der Waals surface area contributed by atoms with E-state index in [0.29, 0.717) is 30.1 Å². The molecular formula is C29H30N4O3. The largest absolute Gasteiger partial charge is 0.384 e. The first kappa shape index (κ1) is 22.6. The van der Waals surface area contributed by atoms with Crippen LogP contribution in [0.15, 0.2) is 65.2 Å². The van der Waals surface area contributed by atoms with Crippen LogP contribution in [-0.2, 0) is 4.74 Å². The average Bonchev–Trinajstić information content (AvgIpc) is 3.38. The zero-order chi connectivity index (χ0) is 24.5. The van der Waals surface area contributed by atoms with Crippen LogP contribution in [0.25, 0.3) is 22.2 Å². The van der Waals surface area contributed by atoms with Gasteiger partial charge in [-0.2, -0.15) is 0 Å². The fourth-order valence-electron chi connectivity index (χ4n) is 5.31. The Morgan fingerprint density at radius 2 is 1.69 bits per heavy atom. The van der Waals surface area contributed by atoms with Gasteiger partial charge in [0.15, 0.2) is 11.5 Å². The number of carbonyl (C=O) groups is 1. The summed E-state index contributed by atoms with van der Waals surface area (Å²) in [6.45, 7) is 7.65. The van der Waals surface area contributed by atoms with Crippen LogP contribution in [-0.4, -0.2) is 56.9 Å². The number of nitrogens with one attached hydrogen (secondary N) is 1. The first-order chi connectivity index (χ1) is 17.8. The maximum atomic E-state index is 13.7. The molecule has 7 nitrogen and oxygen atoms in total. The van der Waals surface area contributed by atoms with Gasteiger partial charge in [0.2, 0.25) is 0 Å². The number of para-hydroxylation sites is 1. The lowest BCUT2D eigenvalue weighted by Gasteiger charge is -2.37. The average molecular weight is 483 g/mol. The Kier molecular flexibility index (Phi) is 6.07. The highest BCUT2D eigenvalue weighted by atomic mass is 16.5. The summed E-state index contributed by atoms with van der Waals surface area (Å²) in [5, 5.41) is 8.86. The van der Waals surface area contributed by atoms with Crippen molar-refractivity contribution in [3.05, 3.63) is 71.8 Å². The number of piperazine rings is 1. The molecule has 1 aliphatic carbocycles. The molecule has 2 aliphatic rings. The van der Waals surface area contributed by atoms with Gasteiger partial charge in [-0.15, -0.1) is 0 Å². The highest BCUT2D eigenvalue weighted by Gasteiger charge is 2.34. The number of rotatable bonds is 8. The molecule has 1 aliphatic heterocycles. The molecule has 0 saturated carbocycles. The van der Waals surface area contributed by atoms with Gasteiger partial charge < -0.3 is 24.4 Å². The van der Waals surface area contributed by atoms with Crippen LogP contribution in [0, 0.1) is 0 Å². The van der Waals surface area contributed by atoms with Gasteiger partial charge in [-0.3, -0.25) is 4.79 Å². The summed E-state index contributed by atoms with van der Waals surface area (Å²) in [6.07, 6.45) is 0.859. The summed E-state index contributed by atoms with van der Waals surface area (Å²) < 4.78 is 11.4. The van der Waals surface area contributed by atoms with E-state index in [1.807, 2.05) is 37.3 Å². The van der Waals surface area contributed by atoms with Gasteiger partial charge >= 0.3 is 0 Å². The van der Waals surface area contributed by atoms with E-state index < -0.39 is 0 Å². The number of anilines is 3.